The zero-order valence-corrected chi connectivity index (χ0v) is 15.9. The van der Waals surface area contributed by atoms with Gasteiger partial charge in [-0.3, -0.25) is 4.79 Å². The minimum absolute atomic E-state index is 0.0163. The molecule has 0 aliphatic carbocycles. The molecule has 0 spiro atoms. The van der Waals surface area contributed by atoms with E-state index in [0.29, 0.717) is 6.42 Å². The number of benzene rings is 2. The normalized spacial score (nSPS) is 12.2. The highest BCUT2D eigenvalue weighted by molar-refractivity contribution is 5.83. The Morgan fingerprint density at radius 2 is 2.00 bits per heavy atom. The Bertz CT molecular complexity index is 1050. The van der Waals surface area contributed by atoms with Gasteiger partial charge in [0.05, 0.1) is 12.4 Å². The number of carbonyl (C=O) groups is 1. The molecule has 0 unspecified atom stereocenters. The Balaban J connectivity index is 1.28. The molecule has 4 aromatic rings. The lowest BCUT2D eigenvalue weighted by Gasteiger charge is -2.15. The molecule has 28 heavy (non-hydrogen) atoms. The maximum atomic E-state index is 12.3. The van der Waals surface area contributed by atoms with Crippen molar-refractivity contribution in [2.75, 3.05) is 0 Å². The van der Waals surface area contributed by atoms with Crippen LogP contribution >= 0.6 is 0 Å². The summed E-state index contributed by atoms with van der Waals surface area (Å²) in [4.78, 5) is 19.7. The van der Waals surface area contributed by atoms with Gasteiger partial charge in [0.1, 0.15) is 0 Å². The molecular weight excluding hydrogens is 348 g/mol. The molecule has 2 heterocycles. The first-order valence-electron chi connectivity index (χ1n) is 9.63. The van der Waals surface area contributed by atoms with Crippen LogP contribution in [-0.4, -0.2) is 20.4 Å². The molecule has 0 aliphatic rings. The monoisotopic (exact) mass is 372 g/mol. The number of para-hydroxylation sites is 1. The smallest absolute Gasteiger partial charge is 0.220 e. The van der Waals surface area contributed by atoms with Crippen LogP contribution in [0.25, 0.3) is 16.6 Å². The average Bonchev–Trinajstić information content (AvgIpc) is 3.39. The molecule has 2 aromatic carbocycles. The van der Waals surface area contributed by atoms with Crippen molar-refractivity contribution >= 4 is 16.8 Å². The number of amides is 1. The summed E-state index contributed by atoms with van der Waals surface area (Å²) in [5.41, 5.74) is 4.56. The van der Waals surface area contributed by atoms with Gasteiger partial charge in [0.25, 0.3) is 0 Å². The zero-order chi connectivity index (χ0) is 19.3. The molecule has 0 fully saturated rings. The first-order valence-corrected chi connectivity index (χ1v) is 9.63. The number of fused-ring (bicyclic) bond motifs is 1. The Morgan fingerprint density at radius 1 is 1.18 bits per heavy atom. The summed E-state index contributed by atoms with van der Waals surface area (Å²) in [6.45, 7) is 2.02. The van der Waals surface area contributed by atoms with E-state index in [1.807, 2.05) is 60.3 Å². The molecule has 0 saturated carbocycles. The van der Waals surface area contributed by atoms with Crippen molar-refractivity contribution < 1.29 is 4.79 Å². The topological polar surface area (TPSA) is 62.7 Å². The molecule has 0 aliphatic heterocycles. The van der Waals surface area contributed by atoms with E-state index in [1.54, 1.807) is 12.5 Å². The highest BCUT2D eigenvalue weighted by atomic mass is 16.1. The van der Waals surface area contributed by atoms with E-state index in [-0.39, 0.29) is 11.9 Å². The summed E-state index contributed by atoms with van der Waals surface area (Å²) < 4.78 is 1.96. The van der Waals surface area contributed by atoms with Crippen LogP contribution in [0.3, 0.4) is 0 Å². The third kappa shape index (κ3) is 3.98. The van der Waals surface area contributed by atoms with Crippen LogP contribution in [0.4, 0.5) is 0 Å². The van der Waals surface area contributed by atoms with E-state index in [9.17, 15) is 4.79 Å². The Morgan fingerprint density at radius 3 is 2.79 bits per heavy atom. The highest BCUT2D eigenvalue weighted by Crippen LogP contribution is 2.20. The predicted molar refractivity (Wildman–Crippen MR) is 111 cm³/mol. The SMILES string of the molecule is C[C@H](NC(=O)CCCc1c[nH]c2ccccc12)c1ccc(-n2ccnc2)cc1. The van der Waals surface area contributed by atoms with Gasteiger partial charge < -0.3 is 14.9 Å². The lowest BCUT2D eigenvalue weighted by atomic mass is 10.1. The summed E-state index contributed by atoms with van der Waals surface area (Å²) in [5.74, 6) is 0.0889. The number of imidazole rings is 1. The Labute approximate surface area is 164 Å². The van der Waals surface area contributed by atoms with Crippen LogP contribution in [0.2, 0.25) is 0 Å². The minimum atomic E-state index is -0.0163. The number of aromatic amines is 1. The van der Waals surface area contributed by atoms with Crippen molar-refractivity contribution in [1.82, 2.24) is 19.9 Å². The molecule has 1 atom stereocenters. The predicted octanol–water partition coefficient (Wildman–Crippen LogP) is 4.55. The number of carbonyl (C=O) groups excluding carboxylic acids is 1. The van der Waals surface area contributed by atoms with Gasteiger partial charge in [-0.05, 0) is 49.1 Å². The summed E-state index contributed by atoms with van der Waals surface area (Å²) in [5, 5.41) is 4.35. The maximum Gasteiger partial charge on any atom is 0.220 e. The number of nitrogens with zero attached hydrogens (tertiary/aromatic N) is 2. The van der Waals surface area contributed by atoms with Gasteiger partial charge in [-0.25, -0.2) is 4.98 Å². The molecule has 5 heteroatoms. The van der Waals surface area contributed by atoms with E-state index in [2.05, 4.69) is 27.4 Å². The molecule has 0 saturated heterocycles. The fraction of sp³-hybridized carbons (Fsp3) is 0.217. The van der Waals surface area contributed by atoms with Crippen LogP contribution < -0.4 is 5.32 Å². The van der Waals surface area contributed by atoms with Crippen molar-refractivity contribution in [2.24, 2.45) is 0 Å². The maximum absolute atomic E-state index is 12.3. The van der Waals surface area contributed by atoms with Crippen LogP contribution in [0.15, 0.2) is 73.4 Å². The van der Waals surface area contributed by atoms with Gasteiger partial charge in [0.15, 0.2) is 0 Å². The van der Waals surface area contributed by atoms with Gasteiger partial charge in [-0.2, -0.15) is 0 Å². The van der Waals surface area contributed by atoms with Crippen molar-refractivity contribution in [2.45, 2.75) is 32.2 Å². The third-order valence-electron chi connectivity index (χ3n) is 5.10. The standard InChI is InChI=1S/C23H24N4O/c1-17(18-9-11-20(12-10-18)27-14-13-24-16-27)26-23(28)8-4-5-19-15-25-22-7-3-2-6-21(19)22/h2-3,6-7,9-17,25H,4-5,8H2,1H3,(H,26,28)/t17-/m0/s1. The van der Waals surface area contributed by atoms with E-state index in [0.717, 1.165) is 29.6 Å². The van der Waals surface area contributed by atoms with E-state index >= 15 is 0 Å². The van der Waals surface area contributed by atoms with Crippen LogP contribution in [0, 0.1) is 0 Å². The second-order valence-electron chi connectivity index (χ2n) is 7.06. The van der Waals surface area contributed by atoms with E-state index < -0.39 is 0 Å². The molecule has 4 rings (SSSR count). The molecule has 5 nitrogen and oxygen atoms in total. The number of hydrogen-bond donors (Lipinski definition) is 2. The van der Waals surface area contributed by atoms with Gasteiger partial charge in [-0.15, -0.1) is 0 Å². The summed E-state index contributed by atoms with van der Waals surface area (Å²) in [6, 6.07) is 16.4. The zero-order valence-electron chi connectivity index (χ0n) is 15.9. The van der Waals surface area contributed by atoms with Crippen molar-refractivity contribution in [3.63, 3.8) is 0 Å². The molecule has 0 bridgehead atoms. The quantitative estimate of drug-likeness (QED) is 0.500. The lowest BCUT2D eigenvalue weighted by molar-refractivity contribution is -0.121. The molecule has 0 radical (unpaired) electrons. The van der Waals surface area contributed by atoms with Gasteiger partial charge in [0.2, 0.25) is 5.91 Å². The van der Waals surface area contributed by atoms with Gasteiger partial charge in [-0.1, -0.05) is 30.3 Å². The second-order valence-corrected chi connectivity index (χ2v) is 7.06. The number of rotatable bonds is 7. The van der Waals surface area contributed by atoms with Crippen molar-refractivity contribution in [1.29, 1.82) is 0 Å². The Hall–Kier alpha value is -3.34. The highest BCUT2D eigenvalue weighted by Gasteiger charge is 2.10. The summed E-state index contributed by atoms with van der Waals surface area (Å²) >= 11 is 0. The number of aryl methyl sites for hydroxylation is 1. The van der Waals surface area contributed by atoms with E-state index in [1.165, 1.54) is 10.9 Å². The van der Waals surface area contributed by atoms with E-state index in [4.69, 9.17) is 0 Å². The lowest BCUT2D eigenvalue weighted by Crippen LogP contribution is -2.26. The number of H-pyrrole nitrogens is 1. The van der Waals surface area contributed by atoms with Crippen LogP contribution in [0.1, 0.15) is 36.9 Å². The second kappa shape index (κ2) is 8.13. The molecular formula is C23H24N4O. The average molecular weight is 372 g/mol. The van der Waals surface area contributed by atoms with Crippen LogP contribution in [-0.2, 0) is 11.2 Å². The first kappa shape index (κ1) is 18.0. The van der Waals surface area contributed by atoms with Gasteiger partial charge in [0, 0.05) is 41.6 Å². The van der Waals surface area contributed by atoms with Crippen molar-refractivity contribution in [3.05, 3.63) is 84.6 Å². The molecule has 142 valence electrons. The summed E-state index contributed by atoms with van der Waals surface area (Å²) in [6.07, 6.45) is 9.74. The van der Waals surface area contributed by atoms with Crippen LogP contribution in [0.5, 0.6) is 0 Å². The third-order valence-corrected chi connectivity index (χ3v) is 5.10. The summed E-state index contributed by atoms with van der Waals surface area (Å²) in [7, 11) is 0. The largest absolute Gasteiger partial charge is 0.361 e. The fourth-order valence-electron chi connectivity index (χ4n) is 3.52. The number of hydrogen-bond acceptors (Lipinski definition) is 2. The molecule has 2 N–H and O–H groups in total. The molecule has 2 aromatic heterocycles. The number of nitrogens with one attached hydrogen (secondary N) is 2. The van der Waals surface area contributed by atoms with Crippen molar-refractivity contribution in [3.8, 4) is 5.69 Å². The fourth-order valence-corrected chi connectivity index (χ4v) is 3.52. The number of aromatic nitrogens is 3. The Kier molecular flexibility index (Phi) is 5.24. The molecule has 1 amide bonds. The minimum Gasteiger partial charge on any atom is -0.361 e. The first-order chi connectivity index (χ1) is 13.7. The van der Waals surface area contributed by atoms with Gasteiger partial charge >= 0.3 is 0 Å².